The van der Waals surface area contributed by atoms with Crippen molar-refractivity contribution in [1.82, 2.24) is 9.55 Å². The second kappa shape index (κ2) is 6.42. The summed E-state index contributed by atoms with van der Waals surface area (Å²) in [6.07, 6.45) is 1.44. The second-order valence-electron chi connectivity index (χ2n) is 5.56. The average Bonchev–Trinajstić information content (AvgIpc) is 2.91. The van der Waals surface area contributed by atoms with Gasteiger partial charge < -0.3 is 4.57 Å². The Bertz CT molecular complexity index is 1080. The quantitative estimate of drug-likeness (QED) is 0.711. The monoisotopic (exact) mass is 375 g/mol. The number of carbonyl (C=O) groups excluding carboxylic acids is 2. The van der Waals surface area contributed by atoms with Gasteiger partial charge in [0.05, 0.1) is 21.1 Å². The van der Waals surface area contributed by atoms with Crippen LogP contribution in [0.25, 0.3) is 10.9 Å². The third-order valence-electron chi connectivity index (χ3n) is 3.73. The maximum atomic E-state index is 12.6. The van der Waals surface area contributed by atoms with Gasteiger partial charge in [-0.15, -0.1) is 0 Å². The van der Waals surface area contributed by atoms with E-state index >= 15 is 0 Å². The first kappa shape index (κ1) is 17.3. The van der Waals surface area contributed by atoms with E-state index in [0.29, 0.717) is 26.5 Å². The van der Waals surface area contributed by atoms with Crippen LogP contribution in [0.4, 0.5) is 5.13 Å². The zero-order valence-electron chi connectivity index (χ0n) is 13.7. The molecule has 1 N–H and O–H groups in total. The molecule has 0 aliphatic carbocycles. The van der Waals surface area contributed by atoms with Gasteiger partial charge >= 0.3 is 0 Å². The van der Waals surface area contributed by atoms with E-state index < -0.39 is 11.3 Å². The number of hydrogen-bond acceptors (Lipinski definition) is 5. The molecule has 2 aromatic heterocycles. The molecule has 25 heavy (non-hydrogen) atoms. The SMILES string of the molecule is CC(=O)c1sc(NC(=O)c2cn(C)c3c(Cl)cccc3c2=O)nc1C. The van der Waals surface area contributed by atoms with E-state index in [9.17, 15) is 14.4 Å². The standard InChI is InChI=1S/C17H14ClN3O3S/c1-8-15(9(2)22)25-17(19-8)20-16(24)11-7-21(3)13-10(14(11)23)5-4-6-12(13)18/h4-7H,1-3H3,(H,19,20,24). The van der Waals surface area contributed by atoms with Gasteiger partial charge in [-0.05, 0) is 19.1 Å². The third-order valence-corrected chi connectivity index (χ3v) is 5.21. The number of carbonyl (C=O) groups is 2. The van der Waals surface area contributed by atoms with Gasteiger partial charge in [0.2, 0.25) is 5.43 Å². The Morgan fingerprint density at radius 1 is 1.32 bits per heavy atom. The van der Waals surface area contributed by atoms with Crippen molar-refractivity contribution in [2.24, 2.45) is 7.05 Å². The minimum atomic E-state index is -0.577. The first-order valence-electron chi connectivity index (χ1n) is 7.37. The maximum Gasteiger partial charge on any atom is 0.262 e. The molecule has 0 saturated heterocycles. The Morgan fingerprint density at radius 2 is 2.04 bits per heavy atom. The van der Waals surface area contributed by atoms with Gasteiger partial charge in [-0.1, -0.05) is 29.0 Å². The van der Waals surface area contributed by atoms with Crippen LogP contribution in [0.15, 0.2) is 29.2 Å². The van der Waals surface area contributed by atoms with E-state index in [1.807, 2.05) is 0 Å². The molecule has 6 nitrogen and oxygen atoms in total. The molecular formula is C17H14ClN3O3S. The first-order valence-corrected chi connectivity index (χ1v) is 8.56. The van der Waals surface area contributed by atoms with Gasteiger partial charge in [0, 0.05) is 25.6 Å². The summed E-state index contributed by atoms with van der Waals surface area (Å²) in [4.78, 5) is 41.3. The van der Waals surface area contributed by atoms with Crippen LogP contribution in [0.1, 0.15) is 32.6 Å². The van der Waals surface area contributed by atoms with Crippen molar-refractivity contribution in [2.75, 3.05) is 5.32 Å². The summed E-state index contributed by atoms with van der Waals surface area (Å²) in [7, 11) is 1.71. The van der Waals surface area contributed by atoms with Crippen molar-refractivity contribution >= 4 is 50.7 Å². The number of fused-ring (bicyclic) bond motifs is 1. The number of benzene rings is 1. The largest absolute Gasteiger partial charge is 0.348 e. The van der Waals surface area contributed by atoms with E-state index in [4.69, 9.17) is 11.6 Å². The predicted molar refractivity (Wildman–Crippen MR) is 99.0 cm³/mol. The van der Waals surface area contributed by atoms with E-state index in [-0.39, 0.29) is 16.5 Å². The molecule has 1 amide bonds. The molecule has 0 radical (unpaired) electrons. The molecule has 0 fully saturated rings. The van der Waals surface area contributed by atoms with E-state index in [2.05, 4.69) is 10.3 Å². The average molecular weight is 376 g/mol. The topological polar surface area (TPSA) is 81.1 Å². The molecule has 0 saturated carbocycles. The molecule has 3 aromatic rings. The zero-order chi connectivity index (χ0) is 18.3. The number of halogens is 1. The van der Waals surface area contributed by atoms with Gasteiger partial charge in [-0.25, -0.2) is 4.98 Å². The molecule has 1 aromatic carbocycles. The number of Topliss-reactive ketones (excluding diaryl/α,β-unsaturated/α-hetero) is 1. The molecule has 0 aliphatic rings. The fourth-order valence-corrected chi connectivity index (χ4v) is 3.79. The Labute approximate surface area is 152 Å². The Morgan fingerprint density at radius 3 is 2.68 bits per heavy atom. The van der Waals surface area contributed by atoms with Gasteiger partial charge in [0.15, 0.2) is 10.9 Å². The van der Waals surface area contributed by atoms with Crippen LogP contribution in [0.3, 0.4) is 0 Å². The van der Waals surface area contributed by atoms with Crippen molar-refractivity contribution in [3.05, 3.63) is 55.8 Å². The molecule has 8 heteroatoms. The van der Waals surface area contributed by atoms with Crippen LogP contribution in [0.5, 0.6) is 0 Å². The third kappa shape index (κ3) is 3.08. The molecule has 0 spiro atoms. The minimum Gasteiger partial charge on any atom is -0.348 e. The number of para-hydroxylation sites is 1. The lowest BCUT2D eigenvalue weighted by Crippen LogP contribution is -2.23. The summed E-state index contributed by atoms with van der Waals surface area (Å²) in [5.41, 5.74) is 0.684. The summed E-state index contributed by atoms with van der Waals surface area (Å²) in [6.45, 7) is 3.13. The number of hydrogen-bond donors (Lipinski definition) is 1. The molecule has 0 aliphatic heterocycles. The van der Waals surface area contributed by atoms with Crippen molar-refractivity contribution in [1.29, 1.82) is 0 Å². The highest BCUT2D eigenvalue weighted by molar-refractivity contribution is 7.17. The number of anilines is 1. The van der Waals surface area contributed by atoms with E-state index in [1.165, 1.54) is 13.1 Å². The highest BCUT2D eigenvalue weighted by Gasteiger charge is 2.18. The number of rotatable bonds is 3. The number of nitrogens with one attached hydrogen (secondary N) is 1. The molecule has 128 valence electrons. The molecule has 0 unspecified atom stereocenters. The fraction of sp³-hybridized carbons (Fsp3) is 0.176. The summed E-state index contributed by atoms with van der Waals surface area (Å²) in [5.74, 6) is -0.696. The van der Waals surface area contributed by atoms with Crippen molar-refractivity contribution < 1.29 is 9.59 Å². The van der Waals surface area contributed by atoms with E-state index in [0.717, 1.165) is 11.3 Å². The predicted octanol–water partition coefficient (Wildman–Crippen LogP) is 3.41. The number of nitrogens with zero attached hydrogens (tertiary/aromatic N) is 2. The van der Waals surface area contributed by atoms with Gasteiger partial charge in [0.1, 0.15) is 5.56 Å². The van der Waals surface area contributed by atoms with Crippen molar-refractivity contribution in [2.45, 2.75) is 13.8 Å². The van der Waals surface area contributed by atoms with Crippen LogP contribution in [0.2, 0.25) is 5.02 Å². The normalized spacial score (nSPS) is 10.9. The highest BCUT2D eigenvalue weighted by atomic mass is 35.5. The Kier molecular flexibility index (Phi) is 4.45. The van der Waals surface area contributed by atoms with Crippen LogP contribution in [-0.4, -0.2) is 21.2 Å². The molecular weight excluding hydrogens is 362 g/mol. The van der Waals surface area contributed by atoms with Crippen molar-refractivity contribution in [3.63, 3.8) is 0 Å². The fourth-order valence-electron chi connectivity index (χ4n) is 2.62. The molecule has 2 heterocycles. The zero-order valence-corrected chi connectivity index (χ0v) is 15.3. The summed E-state index contributed by atoms with van der Waals surface area (Å²) < 4.78 is 1.64. The number of aromatic nitrogens is 2. The van der Waals surface area contributed by atoms with Gasteiger partial charge in [-0.3, -0.25) is 19.7 Å². The number of aryl methyl sites for hydroxylation is 2. The first-order chi connectivity index (χ1) is 11.8. The summed E-state index contributed by atoms with van der Waals surface area (Å²) >= 11 is 7.23. The van der Waals surface area contributed by atoms with Gasteiger partial charge in [0.25, 0.3) is 5.91 Å². The number of pyridine rings is 1. The highest BCUT2D eigenvalue weighted by Crippen LogP contribution is 2.24. The Balaban J connectivity index is 2.03. The summed E-state index contributed by atoms with van der Waals surface area (Å²) in [5, 5.41) is 3.67. The van der Waals surface area contributed by atoms with Crippen LogP contribution in [0, 0.1) is 6.92 Å². The lowest BCUT2D eigenvalue weighted by molar-refractivity contribution is 0.101. The summed E-state index contributed by atoms with van der Waals surface area (Å²) in [6, 6.07) is 4.98. The van der Waals surface area contributed by atoms with Crippen molar-refractivity contribution in [3.8, 4) is 0 Å². The second-order valence-corrected chi connectivity index (χ2v) is 6.97. The molecule has 0 bridgehead atoms. The smallest absolute Gasteiger partial charge is 0.262 e. The molecule has 0 atom stereocenters. The van der Waals surface area contributed by atoms with Gasteiger partial charge in [-0.2, -0.15) is 0 Å². The molecule has 3 rings (SSSR count). The number of ketones is 1. The van der Waals surface area contributed by atoms with E-state index in [1.54, 1.807) is 36.7 Å². The van der Waals surface area contributed by atoms with Crippen LogP contribution in [-0.2, 0) is 7.05 Å². The maximum absolute atomic E-state index is 12.6. The Hall–Kier alpha value is -2.51. The minimum absolute atomic E-state index is 0.0190. The lowest BCUT2D eigenvalue weighted by atomic mass is 10.1. The lowest BCUT2D eigenvalue weighted by Gasteiger charge is -2.09. The van der Waals surface area contributed by atoms with Crippen LogP contribution < -0.4 is 10.7 Å². The van der Waals surface area contributed by atoms with Crippen LogP contribution >= 0.6 is 22.9 Å². The number of amides is 1. The number of thiazole rings is 1.